The second kappa shape index (κ2) is 10.7. The lowest BCUT2D eigenvalue weighted by Gasteiger charge is -2.34. The van der Waals surface area contributed by atoms with Crippen molar-refractivity contribution in [2.24, 2.45) is 5.92 Å². The molecule has 3 nitrogen and oxygen atoms in total. The van der Waals surface area contributed by atoms with Crippen LogP contribution in [0.3, 0.4) is 0 Å². The average molecular weight is 402 g/mol. The van der Waals surface area contributed by atoms with Gasteiger partial charge in [0.2, 0.25) is 5.91 Å². The molecule has 0 aliphatic carbocycles. The van der Waals surface area contributed by atoms with Crippen molar-refractivity contribution in [3.05, 3.63) is 108 Å². The van der Waals surface area contributed by atoms with Crippen molar-refractivity contribution in [2.75, 3.05) is 7.05 Å². The Bertz CT molecular complexity index is 896. The summed E-state index contributed by atoms with van der Waals surface area (Å²) in [6.45, 7) is 4.57. The van der Waals surface area contributed by atoms with Gasteiger partial charge in [-0.25, -0.2) is 0 Å². The fraction of sp³-hybridized carbons (Fsp3) is 0.296. The third-order valence-electron chi connectivity index (χ3n) is 5.60. The zero-order valence-electron chi connectivity index (χ0n) is 18.1. The van der Waals surface area contributed by atoms with Gasteiger partial charge in [-0.1, -0.05) is 97.9 Å². The van der Waals surface area contributed by atoms with Crippen LogP contribution in [0.5, 0.6) is 0 Å². The normalized spacial score (nSPS) is 14.0. The van der Waals surface area contributed by atoms with Crippen LogP contribution in [0.4, 0.5) is 0 Å². The number of nitrogens with zero attached hydrogens (tertiary/aromatic N) is 1. The molecule has 3 aromatic rings. The first-order chi connectivity index (χ1) is 14.6. The molecule has 3 atom stereocenters. The van der Waals surface area contributed by atoms with Crippen molar-refractivity contribution in [3.63, 3.8) is 0 Å². The highest BCUT2D eigenvalue weighted by molar-refractivity contribution is 5.79. The molecule has 0 unspecified atom stereocenters. The summed E-state index contributed by atoms with van der Waals surface area (Å²) >= 11 is 0. The van der Waals surface area contributed by atoms with Crippen LogP contribution in [0.1, 0.15) is 36.6 Å². The van der Waals surface area contributed by atoms with Crippen LogP contribution in [0.2, 0.25) is 0 Å². The molecule has 0 bridgehead atoms. The monoisotopic (exact) mass is 401 g/mol. The Hall–Kier alpha value is -2.91. The zero-order chi connectivity index (χ0) is 21.3. The molecule has 1 amide bonds. The smallest absolute Gasteiger partial charge is 0.225 e. The molecule has 30 heavy (non-hydrogen) atoms. The molecule has 0 radical (unpaired) electrons. The summed E-state index contributed by atoms with van der Waals surface area (Å²) in [5.74, 6) is 0.0426. The van der Waals surface area contributed by atoms with E-state index in [0.717, 1.165) is 17.5 Å². The van der Waals surface area contributed by atoms with E-state index in [1.807, 2.05) is 73.5 Å². The van der Waals surface area contributed by atoms with E-state index in [2.05, 4.69) is 43.3 Å². The first-order valence-electron chi connectivity index (χ1n) is 10.6. The van der Waals surface area contributed by atoms with Crippen molar-refractivity contribution in [2.45, 2.75) is 39.0 Å². The molecule has 0 aromatic heterocycles. The number of benzene rings is 3. The molecule has 0 heterocycles. The first-order valence-corrected chi connectivity index (χ1v) is 10.6. The molecule has 0 aliphatic heterocycles. The molecule has 0 saturated heterocycles. The molecule has 156 valence electrons. The minimum absolute atomic E-state index is 0.0922. The first kappa shape index (κ1) is 21.8. The Kier molecular flexibility index (Phi) is 7.81. The number of carbonyl (C=O) groups excluding carboxylic acids is 1. The highest BCUT2D eigenvalue weighted by Gasteiger charge is 2.29. The summed E-state index contributed by atoms with van der Waals surface area (Å²) in [7, 11) is 1.89. The largest absolute Gasteiger partial charge is 0.367 e. The second-order valence-corrected chi connectivity index (χ2v) is 7.91. The topological polar surface area (TPSA) is 29.5 Å². The van der Waals surface area contributed by atoms with Crippen LogP contribution in [0.15, 0.2) is 91.0 Å². The van der Waals surface area contributed by atoms with Gasteiger partial charge in [0.15, 0.2) is 0 Å². The number of carbonyl (C=O) groups is 1. The van der Waals surface area contributed by atoms with Crippen LogP contribution >= 0.6 is 0 Å². The molecule has 3 rings (SSSR count). The molecule has 0 N–H and O–H groups in total. The highest BCUT2D eigenvalue weighted by atomic mass is 16.5. The van der Waals surface area contributed by atoms with Gasteiger partial charge in [0, 0.05) is 13.0 Å². The molecule has 0 aliphatic rings. The number of hydrogen-bond acceptors (Lipinski definition) is 2. The lowest BCUT2D eigenvalue weighted by Crippen LogP contribution is -2.42. The maximum Gasteiger partial charge on any atom is 0.225 e. The fourth-order valence-electron chi connectivity index (χ4n) is 3.72. The Morgan fingerprint density at radius 2 is 1.30 bits per heavy atom. The summed E-state index contributed by atoms with van der Waals surface area (Å²) in [6, 6.07) is 30.4. The minimum atomic E-state index is -0.204. The number of likely N-dealkylation sites (N-methyl/N-ethyl adjacent to an activating group) is 1. The summed E-state index contributed by atoms with van der Waals surface area (Å²) < 4.78 is 6.35. The van der Waals surface area contributed by atoms with E-state index in [0.29, 0.717) is 6.61 Å². The van der Waals surface area contributed by atoms with Crippen molar-refractivity contribution < 1.29 is 9.53 Å². The fourth-order valence-corrected chi connectivity index (χ4v) is 3.72. The van der Waals surface area contributed by atoms with Gasteiger partial charge in [0.05, 0.1) is 12.6 Å². The van der Waals surface area contributed by atoms with Crippen molar-refractivity contribution >= 4 is 5.91 Å². The summed E-state index contributed by atoms with van der Waals surface area (Å²) in [5, 5.41) is 0. The van der Waals surface area contributed by atoms with Crippen LogP contribution in [-0.2, 0) is 22.6 Å². The Morgan fingerprint density at radius 3 is 1.87 bits per heavy atom. The van der Waals surface area contributed by atoms with Gasteiger partial charge in [0.1, 0.15) is 6.10 Å². The number of amides is 1. The van der Waals surface area contributed by atoms with Crippen molar-refractivity contribution in [3.8, 4) is 0 Å². The molecule has 3 aromatic carbocycles. The van der Waals surface area contributed by atoms with Gasteiger partial charge in [-0.3, -0.25) is 4.79 Å². The summed E-state index contributed by atoms with van der Waals surface area (Å²) in [6.07, 6.45) is 0.529. The second-order valence-electron chi connectivity index (χ2n) is 7.91. The lowest BCUT2D eigenvalue weighted by molar-refractivity contribution is -0.139. The maximum absolute atomic E-state index is 13.2. The van der Waals surface area contributed by atoms with Gasteiger partial charge >= 0.3 is 0 Å². The minimum Gasteiger partial charge on any atom is -0.367 e. The maximum atomic E-state index is 13.2. The Morgan fingerprint density at radius 1 is 0.800 bits per heavy atom. The molecular formula is C27H31NO2. The van der Waals surface area contributed by atoms with E-state index >= 15 is 0 Å². The van der Waals surface area contributed by atoms with Crippen LogP contribution in [-0.4, -0.2) is 23.9 Å². The summed E-state index contributed by atoms with van der Waals surface area (Å²) in [5.41, 5.74) is 3.38. The summed E-state index contributed by atoms with van der Waals surface area (Å²) in [4.78, 5) is 15.0. The van der Waals surface area contributed by atoms with Gasteiger partial charge in [-0.15, -0.1) is 0 Å². The van der Waals surface area contributed by atoms with Gasteiger partial charge in [-0.2, -0.15) is 0 Å². The molecule has 0 saturated carbocycles. The quantitative estimate of drug-likeness (QED) is 0.462. The van der Waals surface area contributed by atoms with E-state index < -0.39 is 0 Å². The predicted molar refractivity (Wildman–Crippen MR) is 122 cm³/mol. The molecule has 0 spiro atoms. The van der Waals surface area contributed by atoms with Crippen LogP contribution in [0.25, 0.3) is 0 Å². The number of rotatable bonds is 9. The predicted octanol–water partition coefficient (Wildman–Crippen LogP) is 5.67. The Balaban J connectivity index is 1.72. The number of ether oxygens (including phenoxy) is 1. The zero-order valence-corrected chi connectivity index (χ0v) is 18.1. The van der Waals surface area contributed by atoms with E-state index in [1.54, 1.807) is 0 Å². The van der Waals surface area contributed by atoms with Gasteiger partial charge in [0.25, 0.3) is 0 Å². The third kappa shape index (κ3) is 5.80. The molecular weight excluding hydrogens is 370 g/mol. The molecule has 3 heteroatoms. The van der Waals surface area contributed by atoms with E-state index in [4.69, 9.17) is 4.74 Å². The highest BCUT2D eigenvalue weighted by Crippen LogP contribution is 2.27. The van der Waals surface area contributed by atoms with E-state index in [-0.39, 0.29) is 24.0 Å². The number of hydrogen-bond donors (Lipinski definition) is 0. The SMILES string of the molecule is C[C@H]([C@H](OCc1ccccc1)c1ccccc1)N(C)C(=O)[C@@H](C)Cc1ccccc1. The van der Waals surface area contributed by atoms with E-state index in [9.17, 15) is 4.79 Å². The lowest BCUT2D eigenvalue weighted by atomic mass is 9.97. The Labute approximate surface area is 180 Å². The van der Waals surface area contributed by atoms with Crippen molar-refractivity contribution in [1.82, 2.24) is 4.90 Å². The third-order valence-corrected chi connectivity index (χ3v) is 5.60. The van der Waals surface area contributed by atoms with Crippen molar-refractivity contribution in [1.29, 1.82) is 0 Å². The standard InChI is InChI=1S/C27H31NO2/c1-21(19-23-13-7-4-8-14-23)27(29)28(3)22(2)26(25-17-11-6-12-18-25)30-20-24-15-9-5-10-16-24/h4-18,21-22,26H,19-20H2,1-3H3/t21-,22+,26-/m0/s1. The van der Waals surface area contributed by atoms with E-state index in [1.165, 1.54) is 5.56 Å². The van der Waals surface area contributed by atoms with Gasteiger partial charge < -0.3 is 9.64 Å². The molecule has 0 fully saturated rings. The van der Waals surface area contributed by atoms with Crippen LogP contribution < -0.4 is 0 Å². The average Bonchev–Trinajstić information content (AvgIpc) is 2.80. The van der Waals surface area contributed by atoms with Gasteiger partial charge in [-0.05, 0) is 30.0 Å². The van der Waals surface area contributed by atoms with Crippen LogP contribution in [0, 0.1) is 5.92 Å².